The molecule has 2 aromatic rings. The zero-order valence-corrected chi connectivity index (χ0v) is 10.2. The first kappa shape index (κ1) is 13.1. The number of rotatable bonds is 1. The molecule has 7 heteroatoms. The maximum Gasteiger partial charge on any atom is 0.416 e. The summed E-state index contributed by atoms with van der Waals surface area (Å²) in [5, 5.41) is 0.0607. The molecule has 1 heterocycles. The van der Waals surface area contributed by atoms with Gasteiger partial charge in [-0.25, -0.2) is 9.97 Å². The summed E-state index contributed by atoms with van der Waals surface area (Å²) in [5.41, 5.74) is -0.368. The molecular weight excluding hydrogens is 288 g/mol. The van der Waals surface area contributed by atoms with E-state index in [0.29, 0.717) is 0 Å². The molecule has 0 bridgehead atoms. The topological polar surface area (TPSA) is 25.8 Å². The summed E-state index contributed by atoms with van der Waals surface area (Å²) in [6.45, 7) is 0. The Bertz CT molecular complexity index is 585. The van der Waals surface area contributed by atoms with Crippen molar-refractivity contribution in [3.8, 4) is 11.3 Å². The van der Waals surface area contributed by atoms with Crippen LogP contribution in [0, 0.1) is 0 Å². The molecule has 0 N–H and O–H groups in total. The highest BCUT2D eigenvalue weighted by Crippen LogP contribution is 2.33. The molecule has 0 aliphatic carbocycles. The molecular formula is C11H5Cl2F3N2. The van der Waals surface area contributed by atoms with Crippen LogP contribution in [0.15, 0.2) is 30.5 Å². The number of nitrogens with zero attached hydrogens (tertiary/aromatic N) is 2. The first-order chi connectivity index (χ1) is 8.38. The lowest BCUT2D eigenvalue weighted by Gasteiger charge is -2.09. The molecule has 0 aliphatic rings. The van der Waals surface area contributed by atoms with Gasteiger partial charge in [0.1, 0.15) is 0 Å². The fourth-order valence-corrected chi connectivity index (χ4v) is 1.72. The lowest BCUT2D eigenvalue weighted by Crippen LogP contribution is -2.04. The number of hydrogen-bond donors (Lipinski definition) is 0. The molecule has 0 atom stereocenters. The average molecular weight is 293 g/mol. The molecule has 2 rings (SSSR count). The van der Waals surface area contributed by atoms with Crippen molar-refractivity contribution in [1.29, 1.82) is 0 Å². The molecule has 18 heavy (non-hydrogen) atoms. The van der Waals surface area contributed by atoms with Crippen molar-refractivity contribution < 1.29 is 13.2 Å². The van der Waals surface area contributed by atoms with Crippen molar-refractivity contribution in [2.75, 3.05) is 0 Å². The van der Waals surface area contributed by atoms with Gasteiger partial charge >= 0.3 is 6.18 Å². The van der Waals surface area contributed by atoms with Crippen LogP contribution >= 0.6 is 23.2 Å². The van der Waals surface area contributed by atoms with Crippen molar-refractivity contribution in [3.05, 3.63) is 46.3 Å². The van der Waals surface area contributed by atoms with Crippen molar-refractivity contribution >= 4 is 23.2 Å². The van der Waals surface area contributed by atoms with Gasteiger partial charge in [0, 0.05) is 5.56 Å². The Hall–Kier alpha value is -1.33. The van der Waals surface area contributed by atoms with E-state index in [4.69, 9.17) is 23.2 Å². The van der Waals surface area contributed by atoms with Crippen LogP contribution in [0.1, 0.15) is 5.56 Å². The van der Waals surface area contributed by atoms with E-state index in [1.807, 2.05) is 0 Å². The molecule has 0 saturated carbocycles. The number of alkyl halides is 3. The SMILES string of the molecule is FC(F)(F)c1cccc(-c2nc(Cl)ncc2Cl)c1. The normalized spacial score (nSPS) is 11.6. The standard InChI is InChI=1S/C11H5Cl2F3N2/c12-8-5-17-10(13)18-9(8)6-2-1-3-7(4-6)11(14,15)16/h1-5H. The zero-order valence-electron chi connectivity index (χ0n) is 8.67. The largest absolute Gasteiger partial charge is 0.416 e. The minimum absolute atomic E-state index is 0.0770. The van der Waals surface area contributed by atoms with Crippen molar-refractivity contribution in [3.63, 3.8) is 0 Å². The molecule has 94 valence electrons. The smallest absolute Gasteiger partial charge is 0.225 e. The molecule has 0 spiro atoms. The van der Waals surface area contributed by atoms with Gasteiger partial charge in [-0.3, -0.25) is 0 Å². The Morgan fingerprint density at radius 1 is 1.11 bits per heavy atom. The molecule has 1 aromatic heterocycles. The van der Waals surface area contributed by atoms with E-state index in [1.54, 1.807) is 0 Å². The van der Waals surface area contributed by atoms with Crippen LogP contribution < -0.4 is 0 Å². The highest BCUT2D eigenvalue weighted by atomic mass is 35.5. The second-order valence-electron chi connectivity index (χ2n) is 3.41. The molecule has 0 unspecified atom stereocenters. The number of halogens is 5. The van der Waals surface area contributed by atoms with Crippen LogP contribution in [0.3, 0.4) is 0 Å². The van der Waals surface area contributed by atoms with Crippen LogP contribution in [0.5, 0.6) is 0 Å². The number of benzene rings is 1. The third kappa shape index (κ3) is 2.73. The average Bonchev–Trinajstić information content (AvgIpc) is 2.31. The van der Waals surface area contributed by atoms with Crippen LogP contribution in [0.25, 0.3) is 11.3 Å². The summed E-state index contributed by atoms with van der Waals surface area (Å²) in [6.07, 6.45) is -3.17. The van der Waals surface area contributed by atoms with E-state index >= 15 is 0 Å². The lowest BCUT2D eigenvalue weighted by molar-refractivity contribution is -0.137. The Morgan fingerprint density at radius 3 is 2.50 bits per heavy atom. The van der Waals surface area contributed by atoms with Gasteiger partial charge in [0.05, 0.1) is 22.5 Å². The lowest BCUT2D eigenvalue weighted by atomic mass is 10.1. The Kier molecular flexibility index (Phi) is 3.45. The second-order valence-corrected chi connectivity index (χ2v) is 4.16. The fourth-order valence-electron chi connectivity index (χ4n) is 1.39. The van der Waals surface area contributed by atoms with E-state index in [2.05, 4.69) is 9.97 Å². The highest BCUT2D eigenvalue weighted by Gasteiger charge is 2.30. The van der Waals surface area contributed by atoms with Gasteiger partial charge in [-0.1, -0.05) is 23.7 Å². The van der Waals surface area contributed by atoms with Gasteiger partial charge in [0.2, 0.25) is 5.28 Å². The summed E-state index contributed by atoms with van der Waals surface area (Å²) in [4.78, 5) is 7.46. The second kappa shape index (κ2) is 4.74. The first-order valence-corrected chi connectivity index (χ1v) is 5.49. The van der Waals surface area contributed by atoms with Gasteiger partial charge < -0.3 is 0 Å². The van der Waals surface area contributed by atoms with Gasteiger partial charge in [0.25, 0.3) is 0 Å². The molecule has 0 aliphatic heterocycles. The van der Waals surface area contributed by atoms with Crippen LogP contribution in [0.2, 0.25) is 10.3 Å². The Morgan fingerprint density at radius 2 is 1.83 bits per heavy atom. The summed E-state index contributed by atoms with van der Waals surface area (Å²) in [6, 6.07) is 4.69. The summed E-state index contributed by atoms with van der Waals surface area (Å²) in [7, 11) is 0. The van der Waals surface area contributed by atoms with Crippen molar-refractivity contribution in [2.24, 2.45) is 0 Å². The predicted molar refractivity (Wildman–Crippen MR) is 62.5 cm³/mol. The maximum absolute atomic E-state index is 12.6. The summed E-state index contributed by atoms with van der Waals surface area (Å²) in [5.74, 6) is 0. The summed E-state index contributed by atoms with van der Waals surface area (Å²) >= 11 is 11.4. The van der Waals surface area contributed by atoms with Crippen molar-refractivity contribution in [1.82, 2.24) is 9.97 Å². The van der Waals surface area contributed by atoms with E-state index < -0.39 is 11.7 Å². The Balaban J connectivity index is 2.55. The molecule has 2 nitrogen and oxygen atoms in total. The minimum atomic E-state index is -4.42. The van der Waals surface area contributed by atoms with Gasteiger partial charge in [0.15, 0.2) is 0 Å². The third-order valence-electron chi connectivity index (χ3n) is 2.18. The van der Waals surface area contributed by atoms with Crippen LogP contribution in [0.4, 0.5) is 13.2 Å². The Labute approximate surface area is 110 Å². The van der Waals surface area contributed by atoms with Crippen LogP contribution in [-0.4, -0.2) is 9.97 Å². The minimum Gasteiger partial charge on any atom is -0.225 e. The van der Waals surface area contributed by atoms with Gasteiger partial charge in [-0.05, 0) is 23.7 Å². The highest BCUT2D eigenvalue weighted by molar-refractivity contribution is 6.33. The monoisotopic (exact) mass is 292 g/mol. The van der Waals surface area contributed by atoms with E-state index in [0.717, 1.165) is 12.1 Å². The van der Waals surface area contributed by atoms with E-state index in [1.165, 1.54) is 18.3 Å². The molecule has 0 amide bonds. The first-order valence-electron chi connectivity index (χ1n) is 4.73. The number of hydrogen-bond acceptors (Lipinski definition) is 2. The van der Waals surface area contributed by atoms with E-state index in [9.17, 15) is 13.2 Å². The molecule has 0 fully saturated rings. The summed E-state index contributed by atoms with van der Waals surface area (Å²) < 4.78 is 37.7. The maximum atomic E-state index is 12.6. The third-order valence-corrected chi connectivity index (χ3v) is 2.64. The fraction of sp³-hybridized carbons (Fsp3) is 0.0909. The van der Waals surface area contributed by atoms with Crippen molar-refractivity contribution in [2.45, 2.75) is 6.18 Å². The number of aromatic nitrogens is 2. The molecule has 0 radical (unpaired) electrons. The zero-order chi connectivity index (χ0) is 13.3. The van der Waals surface area contributed by atoms with Gasteiger partial charge in [-0.2, -0.15) is 13.2 Å². The predicted octanol–water partition coefficient (Wildman–Crippen LogP) is 4.47. The quantitative estimate of drug-likeness (QED) is 0.725. The van der Waals surface area contributed by atoms with Gasteiger partial charge in [-0.15, -0.1) is 0 Å². The molecule has 0 saturated heterocycles. The van der Waals surface area contributed by atoms with Crippen LogP contribution in [-0.2, 0) is 6.18 Å². The van der Waals surface area contributed by atoms with E-state index in [-0.39, 0.29) is 21.6 Å². The molecule has 1 aromatic carbocycles.